The molecule has 0 aromatic carbocycles. The van der Waals surface area contributed by atoms with Gasteiger partial charge in [0.15, 0.2) is 5.76 Å². The molecular weight excluding hydrogens is 222 g/mol. The van der Waals surface area contributed by atoms with E-state index in [4.69, 9.17) is 15.4 Å². The van der Waals surface area contributed by atoms with Gasteiger partial charge in [0, 0.05) is 19.0 Å². The van der Waals surface area contributed by atoms with E-state index in [9.17, 15) is 4.79 Å². The lowest BCUT2D eigenvalue weighted by atomic mass is 9.96. The largest absolute Gasteiger partial charge is 0.459 e. The third-order valence-corrected chi connectivity index (χ3v) is 3.05. The van der Waals surface area contributed by atoms with E-state index in [-0.39, 0.29) is 17.7 Å². The van der Waals surface area contributed by atoms with E-state index in [1.165, 1.54) is 6.26 Å². The molecule has 2 heterocycles. The molecule has 1 aliphatic heterocycles. The maximum Gasteiger partial charge on any atom is 0.289 e. The Hall–Kier alpha value is -1.98. The minimum absolute atomic E-state index is 0.0562. The zero-order chi connectivity index (χ0) is 12.3. The van der Waals surface area contributed by atoms with Gasteiger partial charge in [0.25, 0.3) is 5.91 Å². The number of nitrogens with zero attached hydrogens (tertiary/aromatic N) is 2. The quantitative estimate of drug-likeness (QED) is 0.345. The van der Waals surface area contributed by atoms with E-state index in [0.717, 1.165) is 0 Å². The molecule has 0 atom stereocenters. The number of furan rings is 1. The van der Waals surface area contributed by atoms with E-state index in [0.29, 0.717) is 31.7 Å². The Kier molecular flexibility index (Phi) is 3.32. The number of nitrogens with two attached hydrogens (primary N) is 1. The first-order chi connectivity index (χ1) is 8.22. The number of amidine groups is 1. The molecule has 2 rings (SSSR count). The summed E-state index contributed by atoms with van der Waals surface area (Å²) in [5.74, 6) is 0.552. The fraction of sp³-hybridized carbons (Fsp3) is 0.455. The van der Waals surface area contributed by atoms with Crippen LogP contribution >= 0.6 is 0 Å². The van der Waals surface area contributed by atoms with Gasteiger partial charge in [-0.1, -0.05) is 5.16 Å². The van der Waals surface area contributed by atoms with Crippen molar-refractivity contribution in [1.29, 1.82) is 0 Å². The first kappa shape index (κ1) is 11.5. The molecule has 6 nitrogen and oxygen atoms in total. The first-order valence-electron chi connectivity index (χ1n) is 5.52. The summed E-state index contributed by atoms with van der Waals surface area (Å²) in [6.45, 7) is 1.20. The van der Waals surface area contributed by atoms with Crippen molar-refractivity contribution >= 4 is 11.7 Å². The van der Waals surface area contributed by atoms with E-state index in [1.54, 1.807) is 17.0 Å². The van der Waals surface area contributed by atoms with Crippen LogP contribution in [0.2, 0.25) is 0 Å². The van der Waals surface area contributed by atoms with Crippen molar-refractivity contribution in [2.24, 2.45) is 16.8 Å². The highest BCUT2D eigenvalue weighted by Gasteiger charge is 2.26. The van der Waals surface area contributed by atoms with Gasteiger partial charge in [-0.05, 0) is 25.0 Å². The number of amides is 1. The summed E-state index contributed by atoms with van der Waals surface area (Å²) in [5, 5.41) is 11.6. The zero-order valence-electron chi connectivity index (χ0n) is 9.37. The highest BCUT2D eigenvalue weighted by molar-refractivity contribution is 5.91. The first-order valence-corrected chi connectivity index (χ1v) is 5.52. The number of carbonyl (C=O) groups is 1. The summed E-state index contributed by atoms with van der Waals surface area (Å²) in [5.41, 5.74) is 5.54. The molecule has 1 amide bonds. The fourth-order valence-corrected chi connectivity index (χ4v) is 2.02. The maximum absolute atomic E-state index is 11.9. The van der Waals surface area contributed by atoms with Crippen LogP contribution in [-0.2, 0) is 0 Å². The molecule has 1 aromatic rings. The number of likely N-dealkylation sites (tertiary alicyclic amines) is 1. The molecule has 1 aliphatic rings. The van der Waals surface area contributed by atoms with Crippen LogP contribution in [0.1, 0.15) is 23.4 Å². The molecule has 0 bridgehead atoms. The highest BCUT2D eigenvalue weighted by atomic mass is 16.4. The predicted octanol–water partition coefficient (Wildman–Crippen LogP) is 0.878. The van der Waals surface area contributed by atoms with Crippen molar-refractivity contribution in [3.05, 3.63) is 24.2 Å². The molecule has 1 fully saturated rings. The average molecular weight is 237 g/mol. The normalized spacial score (nSPS) is 18.4. The lowest BCUT2D eigenvalue weighted by molar-refractivity contribution is 0.0677. The number of carbonyl (C=O) groups excluding carboxylic acids is 1. The number of piperidine rings is 1. The van der Waals surface area contributed by atoms with E-state index >= 15 is 0 Å². The van der Waals surface area contributed by atoms with Crippen molar-refractivity contribution in [3.63, 3.8) is 0 Å². The summed E-state index contributed by atoms with van der Waals surface area (Å²) >= 11 is 0. The third-order valence-electron chi connectivity index (χ3n) is 3.05. The van der Waals surface area contributed by atoms with Gasteiger partial charge in [-0.15, -0.1) is 0 Å². The van der Waals surface area contributed by atoms with E-state index < -0.39 is 0 Å². The molecule has 1 saturated heterocycles. The number of rotatable bonds is 2. The minimum Gasteiger partial charge on any atom is -0.459 e. The molecule has 17 heavy (non-hydrogen) atoms. The van der Waals surface area contributed by atoms with Crippen molar-refractivity contribution in [2.45, 2.75) is 12.8 Å². The molecule has 0 unspecified atom stereocenters. The Morgan fingerprint density at radius 3 is 2.76 bits per heavy atom. The number of hydrogen-bond acceptors (Lipinski definition) is 4. The van der Waals surface area contributed by atoms with Crippen molar-refractivity contribution in [3.8, 4) is 0 Å². The summed E-state index contributed by atoms with van der Waals surface area (Å²) in [6, 6.07) is 3.34. The summed E-state index contributed by atoms with van der Waals surface area (Å²) < 4.78 is 5.06. The summed E-state index contributed by atoms with van der Waals surface area (Å²) in [6.07, 6.45) is 2.90. The molecule has 0 saturated carbocycles. The molecule has 0 spiro atoms. The van der Waals surface area contributed by atoms with Gasteiger partial charge >= 0.3 is 0 Å². The minimum atomic E-state index is -0.104. The van der Waals surface area contributed by atoms with Gasteiger partial charge in [0.2, 0.25) is 0 Å². The maximum atomic E-state index is 11.9. The molecule has 1 aromatic heterocycles. The van der Waals surface area contributed by atoms with Gasteiger partial charge in [-0.3, -0.25) is 4.79 Å². The Morgan fingerprint density at radius 1 is 1.53 bits per heavy atom. The monoisotopic (exact) mass is 237 g/mol. The Bertz CT molecular complexity index is 406. The fourth-order valence-electron chi connectivity index (χ4n) is 2.02. The number of oxime groups is 1. The standard InChI is InChI=1S/C11H15N3O3/c12-10(13-16)8-3-5-14(6-4-8)11(15)9-2-1-7-17-9/h1-2,7-8,16H,3-6H2,(H2,12,13). The molecular formula is C11H15N3O3. The Morgan fingerprint density at radius 2 is 2.24 bits per heavy atom. The van der Waals surface area contributed by atoms with Gasteiger partial charge in [-0.25, -0.2) is 0 Å². The predicted molar refractivity (Wildman–Crippen MR) is 60.7 cm³/mol. The van der Waals surface area contributed by atoms with E-state index in [2.05, 4.69) is 5.16 Å². The van der Waals surface area contributed by atoms with Crippen LogP contribution in [0.4, 0.5) is 0 Å². The second-order valence-electron chi connectivity index (χ2n) is 4.07. The molecule has 6 heteroatoms. The SMILES string of the molecule is NC(=NO)C1CCN(C(=O)c2ccco2)CC1. The van der Waals surface area contributed by atoms with Crippen LogP contribution < -0.4 is 5.73 Å². The van der Waals surface area contributed by atoms with Crippen LogP contribution in [0.5, 0.6) is 0 Å². The van der Waals surface area contributed by atoms with Crippen LogP contribution in [0.3, 0.4) is 0 Å². The smallest absolute Gasteiger partial charge is 0.289 e. The van der Waals surface area contributed by atoms with Crippen LogP contribution in [-0.4, -0.2) is 34.9 Å². The second kappa shape index (κ2) is 4.90. The lowest BCUT2D eigenvalue weighted by Gasteiger charge is -2.30. The van der Waals surface area contributed by atoms with Gasteiger partial charge < -0.3 is 20.3 Å². The van der Waals surface area contributed by atoms with Crippen molar-refractivity contribution in [1.82, 2.24) is 4.90 Å². The molecule has 0 radical (unpaired) electrons. The van der Waals surface area contributed by atoms with Crippen molar-refractivity contribution in [2.75, 3.05) is 13.1 Å². The average Bonchev–Trinajstić information content (AvgIpc) is 2.91. The topological polar surface area (TPSA) is 92.1 Å². The van der Waals surface area contributed by atoms with Crippen LogP contribution in [0.25, 0.3) is 0 Å². The molecule has 0 aliphatic carbocycles. The van der Waals surface area contributed by atoms with Gasteiger partial charge in [-0.2, -0.15) is 0 Å². The lowest BCUT2D eigenvalue weighted by Crippen LogP contribution is -2.41. The van der Waals surface area contributed by atoms with Crippen LogP contribution in [0, 0.1) is 5.92 Å². The third kappa shape index (κ3) is 2.41. The molecule has 92 valence electrons. The number of hydrogen-bond donors (Lipinski definition) is 2. The van der Waals surface area contributed by atoms with Crippen LogP contribution in [0.15, 0.2) is 28.0 Å². The van der Waals surface area contributed by atoms with Crippen molar-refractivity contribution < 1.29 is 14.4 Å². The van der Waals surface area contributed by atoms with E-state index in [1.807, 2.05) is 0 Å². The summed E-state index contributed by atoms with van der Waals surface area (Å²) in [7, 11) is 0. The van der Waals surface area contributed by atoms with Gasteiger partial charge in [0.05, 0.1) is 6.26 Å². The molecule has 3 N–H and O–H groups in total. The summed E-state index contributed by atoms with van der Waals surface area (Å²) in [4.78, 5) is 13.7. The Balaban J connectivity index is 1.93. The van der Waals surface area contributed by atoms with Gasteiger partial charge in [0.1, 0.15) is 5.84 Å². The zero-order valence-corrected chi connectivity index (χ0v) is 9.37. The highest BCUT2D eigenvalue weighted by Crippen LogP contribution is 2.19. The Labute approximate surface area is 98.7 Å². The second-order valence-corrected chi connectivity index (χ2v) is 4.07.